The maximum Gasteiger partial charge on any atom is 0.270 e. The molecule has 0 aliphatic carbocycles. The second-order valence-corrected chi connectivity index (χ2v) is 8.35. The number of carbonyl (C=O) groups excluding carboxylic acids is 1. The Morgan fingerprint density at radius 2 is 2.08 bits per heavy atom. The van der Waals surface area contributed by atoms with E-state index in [-0.39, 0.29) is 29.1 Å². The molecule has 1 aliphatic heterocycles. The summed E-state index contributed by atoms with van der Waals surface area (Å²) >= 11 is 0. The molecule has 1 aromatic carbocycles. The van der Waals surface area contributed by atoms with Crippen LogP contribution < -0.4 is 10.6 Å². The molecular weight excluding hydrogens is 340 g/mol. The quantitative estimate of drug-likeness (QED) is 0.834. The first-order valence-electron chi connectivity index (χ1n) is 8.06. The van der Waals surface area contributed by atoms with Gasteiger partial charge >= 0.3 is 0 Å². The van der Waals surface area contributed by atoms with Crippen LogP contribution in [-0.4, -0.2) is 41.8 Å². The summed E-state index contributed by atoms with van der Waals surface area (Å²) in [5.41, 5.74) is 2.50. The van der Waals surface area contributed by atoms with Crippen molar-refractivity contribution in [3.05, 3.63) is 53.3 Å². The number of hydrogen-bond donors (Lipinski definition) is 2. The molecule has 1 aliphatic rings. The van der Waals surface area contributed by atoms with Gasteiger partial charge in [-0.25, -0.2) is 18.4 Å². The number of nitrogens with zero attached hydrogens (tertiary/aromatic N) is 2. The third-order valence-electron chi connectivity index (χ3n) is 4.15. The van der Waals surface area contributed by atoms with Gasteiger partial charge in [0.15, 0.2) is 9.84 Å². The average Bonchev–Trinajstić information content (AvgIpc) is 2.93. The summed E-state index contributed by atoms with van der Waals surface area (Å²) in [6.45, 7) is 2.58. The minimum absolute atomic E-state index is 0.0117. The molecule has 1 amide bonds. The molecule has 1 fully saturated rings. The van der Waals surface area contributed by atoms with Gasteiger partial charge in [0, 0.05) is 18.8 Å². The smallest absolute Gasteiger partial charge is 0.270 e. The third kappa shape index (κ3) is 4.54. The lowest BCUT2D eigenvalue weighted by atomic mass is 10.1. The van der Waals surface area contributed by atoms with E-state index in [1.807, 2.05) is 31.2 Å². The number of rotatable bonds is 5. The highest BCUT2D eigenvalue weighted by Gasteiger charge is 2.29. The van der Waals surface area contributed by atoms with Gasteiger partial charge < -0.3 is 10.6 Å². The summed E-state index contributed by atoms with van der Waals surface area (Å²) in [6.07, 6.45) is 1.95. The number of carbonyl (C=O) groups is 1. The van der Waals surface area contributed by atoms with Crippen LogP contribution in [0.2, 0.25) is 0 Å². The Hall–Kier alpha value is -2.48. The van der Waals surface area contributed by atoms with Crippen molar-refractivity contribution in [1.82, 2.24) is 15.3 Å². The van der Waals surface area contributed by atoms with Gasteiger partial charge in [-0.15, -0.1) is 0 Å². The molecule has 2 N–H and O–H groups in total. The summed E-state index contributed by atoms with van der Waals surface area (Å²) in [5, 5.41) is 5.83. The Labute approximate surface area is 146 Å². The number of anilines is 1. The van der Waals surface area contributed by atoms with E-state index in [1.54, 1.807) is 0 Å². The van der Waals surface area contributed by atoms with E-state index in [2.05, 4.69) is 20.6 Å². The largest absolute Gasteiger partial charge is 0.350 e. The molecule has 2 aromatic rings. The van der Waals surface area contributed by atoms with Crippen LogP contribution >= 0.6 is 0 Å². The number of benzene rings is 1. The van der Waals surface area contributed by atoms with Crippen LogP contribution in [0.25, 0.3) is 0 Å². The van der Waals surface area contributed by atoms with E-state index in [1.165, 1.54) is 12.3 Å². The summed E-state index contributed by atoms with van der Waals surface area (Å²) in [4.78, 5) is 20.6. The highest BCUT2D eigenvalue weighted by Crippen LogP contribution is 2.13. The summed E-state index contributed by atoms with van der Waals surface area (Å²) < 4.78 is 22.9. The molecule has 2 heterocycles. The highest BCUT2D eigenvalue weighted by molar-refractivity contribution is 7.91. The van der Waals surface area contributed by atoms with Crippen LogP contribution in [0.1, 0.15) is 28.0 Å². The fraction of sp³-hybridized carbons (Fsp3) is 0.353. The first-order valence-corrected chi connectivity index (χ1v) is 9.88. The molecule has 0 bridgehead atoms. The molecule has 0 radical (unpaired) electrons. The van der Waals surface area contributed by atoms with Gasteiger partial charge in [0.05, 0.1) is 11.5 Å². The normalized spacial score (nSPS) is 18.7. The van der Waals surface area contributed by atoms with Crippen molar-refractivity contribution in [3.8, 4) is 0 Å². The van der Waals surface area contributed by atoms with Gasteiger partial charge in [-0.05, 0) is 30.5 Å². The van der Waals surface area contributed by atoms with Crippen LogP contribution in [0, 0.1) is 6.92 Å². The summed E-state index contributed by atoms with van der Waals surface area (Å²) in [5.74, 6) is 0.0751. The molecule has 1 saturated heterocycles. The van der Waals surface area contributed by atoms with Crippen molar-refractivity contribution in [2.24, 2.45) is 0 Å². The monoisotopic (exact) mass is 360 g/mol. The number of aryl methyl sites for hydroxylation is 1. The van der Waals surface area contributed by atoms with Gasteiger partial charge in [0.2, 0.25) is 5.95 Å². The van der Waals surface area contributed by atoms with Crippen molar-refractivity contribution in [2.45, 2.75) is 25.9 Å². The molecule has 7 nitrogen and oxygen atoms in total. The molecule has 0 spiro atoms. The fourth-order valence-electron chi connectivity index (χ4n) is 2.72. The SMILES string of the molecule is Cc1ccccc1CNc1nccc(C(=O)NC2CCS(=O)(=O)C2)n1. The third-order valence-corrected chi connectivity index (χ3v) is 5.92. The van der Waals surface area contributed by atoms with Crippen molar-refractivity contribution in [2.75, 3.05) is 16.8 Å². The second-order valence-electron chi connectivity index (χ2n) is 6.12. The number of amides is 1. The van der Waals surface area contributed by atoms with Gasteiger partial charge in [-0.1, -0.05) is 24.3 Å². The van der Waals surface area contributed by atoms with E-state index in [4.69, 9.17) is 0 Å². The minimum Gasteiger partial charge on any atom is -0.350 e. The van der Waals surface area contributed by atoms with Crippen LogP contribution in [-0.2, 0) is 16.4 Å². The molecule has 132 valence electrons. The molecule has 8 heteroatoms. The van der Waals surface area contributed by atoms with Crippen molar-refractivity contribution in [3.63, 3.8) is 0 Å². The van der Waals surface area contributed by atoms with Gasteiger partial charge in [-0.2, -0.15) is 0 Å². The van der Waals surface area contributed by atoms with E-state index >= 15 is 0 Å². The lowest BCUT2D eigenvalue weighted by molar-refractivity contribution is 0.0936. The van der Waals surface area contributed by atoms with Crippen LogP contribution in [0.4, 0.5) is 5.95 Å². The molecule has 25 heavy (non-hydrogen) atoms. The molecule has 3 rings (SSSR count). The van der Waals surface area contributed by atoms with Gasteiger partial charge in [-0.3, -0.25) is 4.79 Å². The van der Waals surface area contributed by atoms with Crippen molar-refractivity contribution in [1.29, 1.82) is 0 Å². The topological polar surface area (TPSA) is 101 Å². The number of hydrogen-bond acceptors (Lipinski definition) is 6. The van der Waals surface area contributed by atoms with Crippen molar-refractivity contribution < 1.29 is 13.2 Å². The van der Waals surface area contributed by atoms with Crippen LogP contribution in [0.3, 0.4) is 0 Å². The highest BCUT2D eigenvalue weighted by atomic mass is 32.2. The van der Waals surface area contributed by atoms with E-state index in [0.29, 0.717) is 18.9 Å². The Morgan fingerprint density at radius 1 is 1.28 bits per heavy atom. The fourth-order valence-corrected chi connectivity index (χ4v) is 4.39. The van der Waals surface area contributed by atoms with Crippen LogP contribution in [0.15, 0.2) is 36.5 Å². The molecule has 0 saturated carbocycles. The lowest BCUT2D eigenvalue weighted by Gasteiger charge is -2.11. The Balaban J connectivity index is 1.63. The van der Waals surface area contributed by atoms with Crippen molar-refractivity contribution >= 4 is 21.7 Å². The predicted molar refractivity (Wildman–Crippen MR) is 95.1 cm³/mol. The zero-order valence-electron chi connectivity index (χ0n) is 13.9. The van der Waals surface area contributed by atoms with E-state index in [9.17, 15) is 13.2 Å². The number of sulfone groups is 1. The maximum atomic E-state index is 12.3. The maximum absolute atomic E-state index is 12.3. The zero-order valence-corrected chi connectivity index (χ0v) is 14.7. The van der Waals surface area contributed by atoms with Gasteiger partial charge in [0.1, 0.15) is 5.69 Å². The van der Waals surface area contributed by atoms with Gasteiger partial charge in [0.25, 0.3) is 5.91 Å². The predicted octanol–water partition coefficient (Wildman–Crippen LogP) is 1.31. The standard InChI is InChI=1S/C17H20N4O3S/c1-12-4-2-3-5-13(12)10-19-17-18-8-6-15(21-17)16(22)20-14-7-9-25(23,24)11-14/h2-6,8,14H,7,9-11H2,1H3,(H,20,22)(H,18,19,21). The second kappa shape index (κ2) is 7.18. The molecular formula is C17H20N4O3S. The Kier molecular flexibility index (Phi) is 4.98. The van der Waals surface area contributed by atoms with E-state index < -0.39 is 9.84 Å². The number of nitrogens with one attached hydrogen (secondary N) is 2. The summed E-state index contributed by atoms with van der Waals surface area (Å²) in [6, 6.07) is 9.14. The van der Waals surface area contributed by atoms with E-state index in [0.717, 1.165) is 11.1 Å². The average molecular weight is 360 g/mol. The first-order chi connectivity index (χ1) is 11.9. The zero-order chi connectivity index (χ0) is 17.9. The minimum atomic E-state index is -3.03. The van der Waals surface area contributed by atoms with Crippen LogP contribution in [0.5, 0.6) is 0 Å². The lowest BCUT2D eigenvalue weighted by Crippen LogP contribution is -2.36. The Morgan fingerprint density at radius 3 is 2.80 bits per heavy atom. The molecule has 1 atom stereocenters. The first kappa shape index (κ1) is 17.3. The molecule has 1 unspecified atom stereocenters. The summed E-state index contributed by atoms with van der Waals surface area (Å²) in [7, 11) is -3.03. The molecule has 1 aromatic heterocycles. The number of aromatic nitrogens is 2. The Bertz CT molecular complexity index is 883.